The van der Waals surface area contributed by atoms with E-state index in [2.05, 4.69) is 15.0 Å². The number of halogens is 1. The number of hydrogen-bond donors (Lipinski definition) is 3. The predicted octanol–water partition coefficient (Wildman–Crippen LogP) is 5.23. The summed E-state index contributed by atoms with van der Waals surface area (Å²) in [6, 6.07) is 25.4. The Hall–Kier alpha value is -4.54. The van der Waals surface area contributed by atoms with Gasteiger partial charge < -0.3 is 10.4 Å². The van der Waals surface area contributed by atoms with Crippen molar-refractivity contribution in [1.29, 1.82) is 0 Å². The Kier molecular flexibility index (Phi) is 7.67. The molecule has 0 saturated carbocycles. The lowest BCUT2D eigenvalue weighted by Crippen LogP contribution is -2.26. The number of phenolic OH excluding ortho intramolecular Hbond substituents is 1. The van der Waals surface area contributed by atoms with Crippen LogP contribution in [-0.4, -0.2) is 41.4 Å². The number of hydrogen-bond acceptors (Lipinski definition) is 6. The molecule has 39 heavy (non-hydrogen) atoms. The van der Waals surface area contributed by atoms with Crippen molar-refractivity contribution in [3.05, 3.63) is 109 Å². The van der Waals surface area contributed by atoms with Gasteiger partial charge in [0.25, 0.3) is 0 Å². The molecule has 0 bridgehead atoms. The highest BCUT2D eigenvalue weighted by Crippen LogP contribution is 2.34. The zero-order valence-electron chi connectivity index (χ0n) is 20.8. The quantitative estimate of drug-likeness (QED) is 0.208. The number of sulfonamides is 1. The lowest BCUT2D eigenvalue weighted by atomic mass is 10.0. The molecule has 3 aromatic carbocycles. The second-order valence-electron chi connectivity index (χ2n) is 8.79. The van der Waals surface area contributed by atoms with Crippen LogP contribution >= 0.6 is 0 Å². The summed E-state index contributed by atoms with van der Waals surface area (Å²) in [6.45, 7) is 0.641. The first-order chi connectivity index (χ1) is 18.9. The summed E-state index contributed by atoms with van der Waals surface area (Å²) in [6.07, 6.45) is 4.12. The van der Waals surface area contributed by atoms with E-state index in [1.54, 1.807) is 29.1 Å². The number of para-hydroxylation sites is 1. The first-order valence-corrected chi connectivity index (χ1v) is 13.8. The third-order valence-electron chi connectivity index (χ3n) is 5.98. The molecule has 3 N–H and O–H groups in total. The van der Waals surface area contributed by atoms with Crippen molar-refractivity contribution in [3.8, 4) is 33.8 Å². The largest absolute Gasteiger partial charge is 0.508 e. The van der Waals surface area contributed by atoms with Crippen LogP contribution in [0.15, 0.2) is 108 Å². The zero-order valence-corrected chi connectivity index (χ0v) is 21.6. The molecule has 5 aromatic rings. The molecule has 5 rings (SSSR count). The fraction of sp³-hybridized carbons (Fsp3) is 0.103. The van der Waals surface area contributed by atoms with Gasteiger partial charge in [0.15, 0.2) is 0 Å². The molecule has 0 aliphatic rings. The molecule has 0 atom stereocenters. The van der Waals surface area contributed by atoms with E-state index < -0.39 is 15.8 Å². The number of phenols is 1. The van der Waals surface area contributed by atoms with Gasteiger partial charge in [0.2, 0.25) is 10.0 Å². The molecule has 198 valence electrons. The summed E-state index contributed by atoms with van der Waals surface area (Å²) in [7, 11) is -3.79. The minimum atomic E-state index is -3.79. The van der Waals surface area contributed by atoms with Crippen molar-refractivity contribution < 1.29 is 17.9 Å². The number of aromatic hydroxyl groups is 1. The Morgan fingerprint density at radius 3 is 2.49 bits per heavy atom. The smallest absolute Gasteiger partial charge is 0.240 e. The minimum Gasteiger partial charge on any atom is -0.508 e. The summed E-state index contributed by atoms with van der Waals surface area (Å²) in [5, 5.41) is 18.1. The van der Waals surface area contributed by atoms with E-state index in [-0.39, 0.29) is 17.2 Å². The van der Waals surface area contributed by atoms with Crippen molar-refractivity contribution in [1.82, 2.24) is 19.5 Å². The van der Waals surface area contributed by atoms with E-state index >= 15 is 0 Å². The van der Waals surface area contributed by atoms with Crippen LogP contribution in [-0.2, 0) is 10.0 Å². The van der Waals surface area contributed by atoms with E-state index in [1.165, 1.54) is 18.2 Å². The molecule has 8 nitrogen and oxygen atoms in total. The summed E-state index contributed by atoms with van der Waals surface area (Å²) in [5.41, 5.74) is 4.12. The van der Waals surface area contributed by atoms with Crippen LogP contribution in [0.1, 0.15) is 6.42 Å². The van der Waals surface area contributed by atoms with Crippen LogP contribution in [0.4, 0.5) is 10.2 Å². The highest BCUT2D eigenvalue weighted by Gasteiger charge is 2.16. The van der Waals surface area contributed by atoms with Gasteiger partial charge in [-0.05, 0) is 66.6 Å². The van der Waals surface area contributed by atoms with Crippen LogP contribution in [0.3, 0.4) is 0 Å². The predicted molar refractivity (Wildman–Crippen MR) is 149 cm³/mol. The number of benzene rings is 3. The van der Waals surface area contributed by atoms with Crippen molar-refractivity contribution >= 4 is 15.8 Å². The maximum Gasteiger partial charge on any atom is 0.240 e. The third kappa shape index (κ3) is 6.31. The van der Waals surface area contributed by atoms with Gasteiger partial charge in [-0.15, -0.1) is 0 Å². The highest BCUT2D eigenvalue weighted by molar-refractivity contribution is 7.89. The fourth-order valence-corrected chi connectivity index (χ4v) is 5.19. The summed E-state index contributed by atoms with van der Waals surface area (Å²) >= 11 is 0. The summed E-state index contributed by atoms with van der Waals surface area (Å²) in [5.74, 6) is 0.166. The van der Waals surface area contributed by atoms with Crippen molar-refractivity contribution in [3.63, 3.8) is 0 Å². The molecule has 0 fully saturated rings. The average molecular weight is 544 g/mol. The second kappa shape index (κ2) is 11.5. The zero-order chi connectivity index (χ0) is 27.2. The van der Waals surface area contributed by atoms with Crippen LogP contribution in [0, 0.1) is 5.82 Å². The lowest BCUT2D eigenvalue weighted by molar-refractivity contribution is 0.475. The van der Waals surface area contributed by atoms with Gasteiger partial charge in [-0.25, -0.2) is 27.2 Å². The fourth-order valence-electron chi connectivity index (χ4n) is 4.09. The Morgan fingerprint density at radius 1 is 0.872 bits per heavy atom. The first-order valence-electron chi connectivity index (χ1n) is 12.3. The number of rotatable bonds is 10. The molecule has 2 heterocycles. The van der Waals surface area contributed by atoms with E-state index in [9.17, 15) is 17.9 Å². The second-order valence-corrected chi connectivity index (χ2v) is 10.6. The molecule has 0 spiro atoms. The van der Waals surface area contributed by atoms with Gasteiger partial charge in [0.1, 0.15) is 23.1 Å². The van der Waals surface area contributed by atoms with Crippen molar-refractivity contribution in [2.75, 3.05) is 18.4 Å². The SMILES string of the molecule is O=S(=O)(NCCCNc1cc(-c2cn(-c3ccccc3)nc2-c2cccc(O)c2)ccn1)c1cccc(F)c1. The van der Waals surface area contributed by atoms with Gasteiger partial charge in [0, 0.05) is 36.6 Å². The lowest BCUT2D eigenvalue weighted by Gasteiger charge is -2.09. The van der Waals surface area contributed by atoms with E-state index in [0.717, 1.165) is 28.4 Å². The average Bonchev–Trinajstić information content (AvgIpc) is 3.39. The standard InChI is InChI=1S/C29H26FN5O3S/c30-23-8-5-12-26(19-23)39(37,38)33-15-6-14-31-28-18-21(13-16-32-28)27-20-35(24-9-2-1-3-10-24)34-29(27)22-7-4-11-25(36)17-22/h1-5,7-13,16-20,33,36H,6,14-15H2,(H,31,32). The molecular weight excluding hydrogens is 517 g/mol. The molecule has 0 aliphatic carbocycles. The number of pyridine rings is 1. The van der Waals surface area contributed by atoms with Gasteiger partial charge >= 0.3 is 0 Å². The normalized spacial score (nSPS) is 11.4. The molecule has 0 saturated heterocycles. The summed E-state index contributed by atoms with van der Waals surface area (Å²) in [4.78, 5) is 4.28. The van der Waals surface area contributed by atoms with Crippen LogP contribution in [0.2, 0.25) is 0 Å². The summed E-state index contributed by atoms with van der Waals surface area (Å²) < 4.78 is 42.4. The number of nitrogens with zero attached hydrogens (tertiary/aromatic N) is 3. The Bertz CT molecular complexity index is 1690. The van der Waals surface area contributed by atoms with E-state index in [4.69, 9.17) is 5.10 Å². The first kappa shape index (κ1) is 26.1. The maximum atomic E-state index is 13.4. The maximum absolute atomic E-state index is 13.4. The molecule has 0 radical (unpaired) electrons. The minimum absolute atomic E-state index is 0.108. The Morgan fingerprint density at radius 2 is 1.69 bits per heavy atom. The molecule has 0 aliphatic heterocycles. The van der Waals surface area contributed by atoms with Gasteiger partial charge in [0.05, 0.1) is 10.6 Å². The number of anilines is 1. The topological polar surface area (TPSA) is 109 Å². The van der Waals surface area contributed by atoms with E-state index in [1.807, 2.05) is 54.7 Å². The van der Waals surface area contributed by atoms with Crippen LogP contribution < -0.4 is 10.0 Å². The third-order valence-corrected chi connectivity index (χ3v) is 7.44. The van der Waals surface area contributed by atoms with Crippen LogP contribution in [0.25, 0.3) is 28.1 Å². The van der Waals surface area contributed by atoms with E-state index in [0.29, 0.717) is 24.5 Å². The molecular formula is C29H26FN5O3S. The molecule has 0 unspecified atom stereocenters. The Labute approximate surface area is 225 Å². The van der Waals surface area contributed by atoms with Crippen LogP contribution in [0.5, 0.6) is 5.75 Å². The Balaban J connectivity index is 1.31. The monoisotopic (exact) mass is 543 g/mol. The molecule has 10 heteroatoms. The van der Waals surface area contributed by atoms with Crippen molar-refractivity contribution in [2.24, 2.45) is 0 Å². The van der Waals surface area contributed by atoms with Gasteiger partial charge in [-0.1, -0.05) is 36.4 Å². The molecule has 0 amide bonds. The highest BCUT2D eigenvalue weighted by atomic mass is 32.2. The van der Waals surface area contributed by atoms with Gasteiger partial charge in [-0.3, -0.25) is 0 Å². The number of aromatic nitrogens is 3. The number of nitrogens with one attached hydrogen (secondary N) is 2. The van der Waals surface area contributed by atoms with Gasteiger partial charge in [-0.2, -0.15) is 5.10 Å². The van der Waals surface area contributed by atoms with Crippen molar-refractivity contribution in [2.45, 2.75) is 11.3 Å². The molecule has 2 aromatic heterocycles.